The summed E-state index contributed by atoms with van der Waals surface area (Å²) in [4.78, 5) is 29.1. The molecule has 1 aromatic heterocycles. The van der Waals surface area contributed by atoms with Crippen molar-refractivity contribution in [1.29, 1.82) is 0 Å². The summed E-state index contributed by atoms with van der Waals surface area (Å²) in [6.07, 6.45) is 4.19. The summed E-state index contributed by atoms with van der Waals surface area (Å²) in [5.74, 6) is -0.0658. The third kappa shape index (κ3) is 4.04. The number of hydrogen-bond donors (Lipinski definition) is 1. The Labute approximate surface area is 93.0 Å². The zero-order valence-electron chi connectivity index (χ0n) is 8.97. The molecule has 6 heteroatoms. The van der Waals surface area contributed by atoms with Gasteiger partial charge in [-0.25, -0.2) is 9.97 Å². The highest BCUT2D eigenvalue weighted by Gasteiger charge is 2.03. The third-order valence-electron chi connectivity index (χ3n) is 1.67. The van der Waals surface area contributed by atoms with Gasteiger partial charge in [0.25, 0.3) is 0 Å². The predicted octanol–water partition coefficient (Wildman–Crippen LogP) is 0.654. The topological polar surface area (TPSA) is 81.2 Å². The van der Waals surface area contributed by atoms with Crippen molar-refractivity contribution < 1.29 is 14.3 Å². The van der Waals surface area contributed by atoms with Crippen LogP contribution in [-0.2, 0) is 9.53 Å². The van der Waals surface area contributed by atoms with Crippen LogP contribution in [-0.4, -0.2) is 35.4 Å². The van der Waals surface area contributed by atoms with E-state index in [9.17, 15) is 9.59 Å². The summed E-state index contributed by atoms with van der Waals surface area (Å²) in [6, 6.07) is 0. The highest BCUT2D eigenvalue weighted by atomic mass is 16.5. The first kappa shape index (κ1) is 12.1. The quantitative estimate of drug-likeness (QED) is 0.563. The molecule has 1 rings (SSSR count). The molecule has 0 fully saturated rings. The molecule has 1 heterocycles. The number of aldehydes is 1. The largest absolute Gasteiger partial charge is 0.464 e. The Balaban J connectivity index is 2.36. The number of anilines is 1. The van der Waals surface area contributed by atoms with Crippen LogP contribution < -0.4 is 5.32 Å². The van der Waals surface area contributed by atoms with Gasteiger partial charge in [-0.2, -0.15) is 0 Å². The second-order valence-electron chi connectivity index (χ2n) is 3.03. The van der Waals surface area contributed by atoms with Crippen molar-refractivity contribution in [2.45, 2.75) is 13.3 Å². The second kappa shape index (κ2) is 6.49. The summed E-state index contributed by atoms with van der Waals surface area (Å²) in [7, 11) is 0. The molecule has 1 aromatic rings. The van der Waals surface area contributed by atoms with Gasteiger partial charge in [-0.05, 0) is 6.42 Å². The molecule has 0 bridgehead atoms. The van der Waals surface area contributed by atoms with Gasteiger partial charge in [0.05, 0.1) is 12.2 Å². The molecule has 0 radical (unpaired) electrons. The van der Waals surface area contributed by atoms with Crippen LogP contribution in [0.2, 0.25) is 0 Å². The highest BCUT2D eigenvalue weighted by Crippen LogP contribution is 1.97. The molecule has 0 aliphatic heterocycles. The molecule has 0 spiro atoms. The monoisotopic (exact) mass is 223 g/mol. The van der Waals surface area contributed by atoms with Crippen molar-refractivity contribution in [2.24, 2.45) is 0 Å². The first-order valence-electron chi connectivity index (χ1n) is 4.93. The van der Waals surface area contributed by atoms with Crippen molar-refractivity contribution in [3.63, 3.8) is 0 Å². The molecule has 0 atom stereocenters. The van der Waals surface area contributed by atoms with Gasteiger partial charge < -0.3 is 10.1 Å². The van der Waals surface area contributed by atoms with Gasteiger partial charge in [0.1, 0.15) is 6.54 Å². The first-order valence-corrected chi connectivity index (χ1v) is 4.93. The minimum absolute atomic E-state index is 0.0143. The van der Waals surface area contributed by atoms with Gasteiger partial charge >= 0.3 is 5.97 Å². The van der Waals surface area contributed by atoms with Gasteiger partial charge in [-0.1, -0.05) is 6.92 Å². The molecule has 0 saturated carbocycles. The minimum Gasteiger partial charge on any atom is -0.464 e. The number of nitrogens with zero attached hydrogens (tertiary/aromatic N) is 2. The minimum atomic E-state index is -0.357. The van der Waals surface area contributed by atoms with Crippen molar-refractivity contribution in [1.82, 2.24) is 9.97 Å². The van der Waals surface area contributed by atoms with Crippen LogP contribution in [0.3, 0.4) is 0 Å². The number of rotatable bonds is 6. The van der Waals surface area contributed by atoms with Crippen molar-refractivity contribution in [2.75, 3.05) is 18.5 Å². The Morgan fingerprint density at radius 2 is 2.19 bits per heavy atom. The molecular weight excluding hydrogens is 210 g/mol. The molecule has 86 valence electrons. The van der Waals surface area contributed by atoms with E-state index in [1.807, 2.05) is 6.92 Å². The lowest BCUT2D eigenvalue weighted by Crippen LogP contribution is -2.18. The van der Waals surface area contributed by atoms with E-state index in [2.05, 4.69) is 15.3 Å². The predicted molar refractivity (Wildman–Crippen MR) is 57.2 cm³/mol. The molecule has 0 amide bonds. The summed E-state index contributed by atoms with van der Waals surface area (Å²) >= 11 is 0. The maximum atomic E-state index is 11.1. The van der Waals surface area contributed by atoms with Crippen LogP contribution in [0.4, 0.5) is 5.95 Å². The first-order chi connectivity index (χ1) is 7.76. The molecule has 0 aliphatic carbocycles. The molecule has 0 saturated heterocycles. The van der Waals surface area contributed by atoms with E-state index in [-0.39, 0.29) is 12.5 Å². The van der Waals surface area contributed by atoms with E-state index in [1.54, 1.807) is 0 Å². The van der Waals surface area contributed by atoms with Crippen LogP contribution in [0, 0.1) is 0 Å². The molecule has 0 aromatic carbocycles. The average Bonchev–Trinajstić information content (AvgIpc) is 2.34. The fourth-order valence-electron chi connectivity index (χ4n) is 0.908. The number of nitrogens with one attached hydrogen (secondary N) is 1. The summed E-state index contributed by atoms with van der Waals surface area (Å²) in [5.41, 5.74) is 0.388. The van der Waals surface area contributed by atoms with Gasteiger partial charge in [-0.15, -0.1) is 0 Å². The van der Waals surface area contributed by atoms with E-state index in [0.717, 1.165) is 6.42 Å². The summed E-state index contributed by atoms with van der Waals surface area (Å²) < 4.78 is 4.84. The molecule has 6 nitrogen and oxygen atoms in total. The van der Waals surface area contributed by atoms with Gasteiger partial charge in [0.15, 0.2) is 6.29 Å². The SMILES string of the molecule is CCCOC(=O)CNc1ncc(C=O)cn1. The van der Waals surface area contributed by atoms with Crippen LogP contribution in [0.5, 0.6) is 0 Å². The zero-order valence-corrected chi connectivity index (χ0v) is 8.97. The summed E-state index contributed by atoms with van der Waals surface area (Å²) in [6.45, 7) is 2.34. The van der Waals surface area contributed by atoms with E-state index in [4.69, 9.17) is 4.74 Å². The normalized spacial score (nSPS) is 9.56. The zero-order chi connectivity index (χ0) is 11.8. The highest BCUT2D eigenvalue weighted by molar-refractivity contribution is 5.75. The lowest BCUT2D eigenvalue weighted by atomic mass is 10.4. The summed E-state index contributed by atoms with van der Waals surface area (Å²) in [5, 5.41) is 2.69. The molecule has 0 aliphatic rings. The van der Waals surface area contributed by atoms with E-state index in [0.29, 0.717) is 24.4 Å². The fourth-order valence-corrected chi connectivity index (χ4v) is 0.908. The van der Waals surface area contributed by atoms with Gasteiger partial charge in [-0.3, -0.25) is 9.59 Å². The molecular formula is C10H13N3O3. The molecule has 1 N–H and O–H groups in total. The smallest absolute Gasteiger partial charge is 0.325 e. The fraction of sp³-hybridized carbons (Fsp3) is 0.400. The molecule has 16 heavy (non-hydrogen) atoms. The Morgan fingerprint density at radius 1 is 1.50 bits per heavy atom. The number of carbonyl (C=O) groups is 2. The maximum Gasteiger partial charge on any atom is 0.325 e. The van der Waals surface area contributed by atoms with Crippen molar-refractivity contribution >= 4 is 18.2 Å². The Morgan fingerprint density at radius 3 is 2.75 bits per heavy atom. The Bertz CT molecular complexity index is 351. The van der Waals surface area contributed by atoms with E-state index < -0.39 is 0 Å². The van der Waals surface area contributed by atoms with Crippen molar-refractivity contribution in [3.05, 3.63) is 18.0 Å². The Hall–Kier alpha value is -1.98. The van der Waals surface area contributed by atoms with Crippen LogP contribution >= 0.6 is 0 Å². The standard InChI is InChI=1S/C10H13N3O3/c1-2-3-16-9(15)6-13-10-11-4-8(7-14)5-12-10/h4-5,7H,2-3,6H2,1H3,(H,11,12,13). The van der Waals surface area contributed by atoms with Crippen LogP contribution in [0.15, 0.2) is 12.4 Å². The Kier molecular flexibility index (Phi) is 4.91. The number of carbonyl (C=O) groups excluding carboxylic acids is 2. The number of hydrogen-bond acceptors (Lipinski definition) is 6. The number of ether oxygens (including phenoxy) is 1. The lowest BCUT2D eigenvalue weighted by molar-refractivity contribution is -0.141. The number of aromatic nitrogens is 2. The second-order valence-corrected chi connectivity index (χ2v) is 3.03. The maximum absolute atomic E-state index is 11.1. The van der Waals surface area contributed by atoms with Gasteiger partial charge in [0, 0.05) is 12.4 Å². The van der Waals surface area contributed by atoms with Crippen molar-refractivity contribution in [3.8, 4) is 0 Å². The van der Waals surface area contributed by atoms with Crippen LogP contribution in [0.25, 0.3) is 0 Å². The van der Waals surface area contributed by atoms with E-state index >= 15 is 0 Å². The lowest BCUT2D eigenvalue weighted by Gasteiger charge is -2.04. The van der Waals surface area contributed by atoms with Crippen LogP contribution in [0.1, 0.15) is 23.7 Å². The number of esters is 1. The average molecular weight is 223 g/mol. The van der Waals surface area contributed by atoms with Gasteiger partial charge in [0.2, 0.25) is 5.95 Å². The third-order valence-corrected chi connectivity index (χ3v) is 1.67. The molecule has 0 unspecified atom stereocenters. The van der Waals surface area contributed by atoms with E-state index in [1.165, 1.54) is 12.4 Å².